The second-order valence-electron chi connectivity index (χ2n) is 6.44. The predicted molar refractivity (Wildman–Crippen MR) is 112 cm³/mol. The predicted octanol–water partition coefficient (Wildman–Crippen LogP) is 6.86. The lowest BCUT2D eigenvalue weighted by atomic mass is 9.94. The van der Waals surface area contributed by atoms with Gasteiger partial charge in [0.25, 0.3) is 0 Å². The van der Waals surface area contributed by atoms with Gasteiger partial charge in [0.1, 0.15) is 0 Å². The highest BCUT2D eigenvalue weighted by Gasteiger charge is 2.16. The van der Waals surface area contributed by atoms with Crippen molar-refractivity contribution in [1.29, 1.82) is 0 Å². The zero-order chi connectivity index (χ0) is 18.4. The molecule has 2 rings (SSSR count). The highest BCUT2D eigenvalue weighted by Crippen LogP contribution is 2.22. The first-order chi connectivity index (χ1) is 11.8. The molecule has 0 amide bonds. The highest BCUT2D eigenvalue weighted by molar-refractivity contribution is 6.36. The van der Waals surface area contributed by atoms with E-state index >= 15 is 0 Å². The Labute approximate surface area is 168 Å². The Morgan fingerprint density at radius 2 is 1.16 bits per heavy atom. The van der Waals surface area contributed by atoms with E-state index in [1.54, 1.807) is 36.7 Å². The second-order valence-corrected chi connectivity index (χ2v) is 8.12. The molecule has 25 heavy (non-hydrogen) atoms. The Kier molecular flexibility index (Phi) is 7.33. The van der Waals surface area contributed by atoms with Crippen LogP contribution >= 0.6 is 46.4 Å². The van der Waals surface area contributed by atoms with Crippen LogP contribution in [0.25, 0.3) is 0 Å². The number of nitrogens with zero attached hydrogens (tertiary/aromatic N) is 2. The Morgan fingerprint density at radius 1 is 0.760 bits per heavy atom. The Bertz CT molecular complexity index is 733. The number of halogens is 4. The van der Waals surface area contributed by atoms with E-state index in [4.69, 9.17) is 46.4 Å². The third-order valence-corrected chi connectivity index (χ3v) is 4.55. The summed E-state index contributed by atoms with van der Waals surface area (Å²) in [4.78, 5) is 8.98. The number of benzene rings is 2. The largest absolute Gasteiger partial charge is 0.292 e. The van der Waals surface area contributed by atoms with Crippen LogP contribution in [0.2, 0.25) is 20.1 Å². The van der Waals surface area contributed by atoms with E-state index in [9.17, 15) is 0 Å². The summed E-state index contributed by atoms with van der Waals surface area (Å²) in [6.07, 6.45) is 3.53. The molecule has 2 aromatic rings. The van der Waals surface area contributed by atoms with Gasteiger partial charge in [-0.1, -0.05) is 72.4 Å². The summed E-state index contributed by atoms with van der Waals surface area (Å²) in [6, 6.07) is 10.7. The van der Waals surface area contributed by atoms with Crippen LogP contribution in [-0.4, -0.2) is 25.5 Å². The maximum atomic E-state index is 6.14. The lowest BCUT2D eigenvalue weighted by Crippen LogP contribution is -2.19. The van der Waals surface area contributed by atoms with Gasteiger partial charge in [0.15, 0.2) is 0 Å². The van der Waals surface area contributed by atoms with Gasteiger partial charge in [0, 0.05) is 52.1 Å². The van der Waals surface area contributed by atoms with Crippen LogP contribution in [-0.2, 0) is 0 Å². The van der Waals surface area contributed by atoms with Crippen LogP contribution in [0.5, 0.6) is 0 Å². The van der Waals surface area contributed by atoms with E-state index in [1.807, 2.05) is 12.1 Å². The van der Waals surface area contributed by atoms with Crippen LogP contribution in [0.15, 0.2) is 46.4 Å². The fourth-order valence-electron chi connectivity index (χ4n) is 2.04. The van der Waals surface area contributed by atoms with Gasteiger partial charge < -0.3 is 0 Å². The molecular weight excluding hydrogens is 398 g/mol. The topological polar surface area (TPSA) is 24.7 Å². The summed E-state index contributed by atoms with van der Waals surface area (Å²) < 4.78 is 0. The normalized spacial score (nSPS) is 12.4. The lowest BCUT2D eigenvalue weighted by molar-refractivity contribution is 0.396. The minimum atomic E-state index is -0.0925. The van der Waals surface area contributed by atoms with Crippen molar-refractivity contribution in [1.82, 2.24) is 0 Å². The van der Waals surface area contributed by atoms with Gasteiger partial charge >= 0.3 is 0 Å². The van der Waals surface area contributed by atoms with Crippen molar-refractivity contribution in [2.75, 3.05) is 13.1 Å². The first kappa shape index (κ1) is 20.3. The van der Waals surface area contributed by atoms with Crippen molar-refractivity contribution in [3.05, 3.63) is 67.6 Å². The fraction of sp³-hybridized carbons (Fsp3) is 0.263. The van der Waals surface area contributed by atoms with Crippen molar-refractivity contribution in [3.8, 4) is 0 Å². The molecule has 132 valence electrons. The van der Waals surface area contributed by atoms with Gasteiger partial charge in [-0.15, -0.1) is 0 Å². The second kappa shape index (κ2) is 9.05. The maximum absolute atomic E-state index is 6.14. The summed E-state index contributed by atoms with van der Waals surface area (Å²) in [5.74, 6) is 0. The SMILES string of the molecule is CC(C)(CN=Cc1ccc(Cl)cc1Cl)CN=Cc1ccc(Cl)cc1Cl. The molecule has 0 aliphatic heterocycles. The molecule has 0 bridgehead atoms. The molecule has 2 nitrogen and oxygen atoms in total. The van der Waals surface area contributed by atoms with Gasteiger partial charge in [-0.3, -0.25) is 9.98 Å². The smallest absolute Gasteiger partial charge is 0.0508 e. The molecule has 0 radical (unpaired) electrons. The summed E-state index contributed by atoms with van der Waals surface area (Å²) in [7, 11) is 0. The zero-order valence-electron chi connectivity index (χ0n) is 13.9. The highest BCUT2D eigenvalue weighted by atomic mass is 35.5. The minimum absolute atomic E-state index is 0.0925. The summed E-state index contributed by atoms with van der Waals surface area (Å²) in [5, 5.41) is 2.39. The van der Waals surface area contributed by atoms with Gasteiger partial charge in [-0.25, -0.2) is 0 Å². The van der Waals surface area contributed by atoms with Gasteiger partial charge in [0.05, 0.1) is 10.0 Å². The van der Waals surface area contributed by atoms with Crippen LogP contribution in [0, 0.1) is 5.41 Å². The zero-order valence-corrected chi connectivity index (χ0v) is 17.0. The molecule has 0 aliphatic rings. The van der Waals surface area contributed by atoms with Crippen molar-refractivity contribution in [3.63, 3.8) is 0 Å². The van der Waals surface area contributed by atoms with Crippen LogP contribution < -0.4 is 0 Å². The van der Waals surface area contributed by atoms with Crippen molar-refractivity contribution in [2.45, 2.75) is 13.8 Å². The molecule has 0 N–H and O–H groups in total. The maximum Gasteiger partial charge on any atom is 0.0508 e. The fourth-order valence-corrected chi connectivity index (χ4v) is 2.96. The summed E-state index contributed by atoms with van der Waals surface area (Å²) >= 11 is 24.1. The summed E-state index contributed by atoms with van der Waals surface area (Å²) in [6.45, 7) is 5.46. The molecule has 0 saturated carbocycles. The Balaban J connectivity index is 1.94. The number of hydrogen-bond donors (Lipinski definition) is 0. The molecule has 0 fully saturated rings. The molecular formula is C19H18Cl4N2. The Hall–Kier alpha value is -1.06. The number of hydrogen-bond acceptors (Lipinski definition) is 2. The molecule has 0 unspecified atom stereocenters. The van der Waals surface area contributed by atoms with E-state index in [2.05, 4.69) is 23.8 Å². The molecule has 6 heteroatoms. The first-order valence-corrected chi connectivity index (χ1v) is 9.18. The monoisotopic (exact) mass is 414 g/mol. The van der Waals surface area contributed by atoms with Crippen LogP contribution in [0.3, 0.4) is 0 Å². The van der Waals surface area contributed by atoms with Gasteiger partial charge in [0.2, 0.25) is 0 Å². The molecule has 0 aromatic heterocycles. The molecule has 0 aliphatic carbocycles. The molecule has 0 spiro atoms. The Morgan fingerprint density at radius 3 is 1.52 bits per heavy atom. The quantitative estimate of drug-likeness (QED) is 0.460. The third kappa shape index (κ3) is 6.63. The van der Waals surface area contributed by atoms with E-state index < -0.39 is 0 Å². The van der Waals surface area contributed by atoms with E-state index in [0.717, 1.165) is 11.1 Å². The van der Waals surface area contributed by atoms with E-state index in [1.165, 1.54) is 0 Å². The van der Waals surface area contributed by atoms with E-state index in [0.29, 0.717) is 33.2 Å². The lowest BCUT2D eigenvalue weighted by Gasteiger charge is -2.19. The van der Waals surface area contributed by atoms with Crippen LogP contribution in [0.4, 0.5) is 0 Å². The average Bonchev–Trinajstić information content (AvgIpc) is 2.51. The minimum Gasteiger partial charge on any atom is -0.292 e. The van der Waals surface area contributed by atoms with E-state index in [-0.39, 0.29) is 5.41 Å². The molecule has 0 atom stereocenters. The van der Waals surface area contributed by atoms with Gasteiger partial charge in [-0.05, 0) is 24.3 Å². The average molecular weight is 416 g/mol. The number of aliphatic imine (C=N–C) groups is 2. The summed E-state index contributed by atoms with van der Waals surface area (Å²) in [5.41, 5.74) is 1.60. The molecule has 0 heterocycles. The molecule has 2 aromatic carbocycles. The van der Waals surface area contributed by atoms with Gasteiger partial charge in [-0.2, -0.15) is 0 Å². The standard InChI is InChI=1S/C19H18Cl4N2/c1-19(2,11-24-9-13-3-5-15(20)7-17(13)22)12-25-10-14-4-6-16(21)8-18(14)23/h3-10H,11-12H2,1-2H3. The van der Waals surface area contributed by atoms with Crippen molar-refractivity contribution in [2.24, 2.45) is 15.4 Å². The van der Waals surface area contributed by atoms with Crippen molar-refractivity contribution >= 4 is 58.8 Å². The third-order valence-electron chi connectivity index (χ3n) is 3.42. The first-order valence-electron chi connectivity index (χ1n) is 7.67. The van der Waals surface area contributed by atoms with Crippen molar-refractivity contribution < 1.29 is 0 Å². The van der Waals surface area contributed by atoms with Crippen LogP contribution in [0.1, 0.15) is 25.0 Å². The molecule has 0 saturated heterocycles. The number of rotatable bonds is 6.